The van der Waals surface area contributed by atoms with Crippen molar-refractivity contribution in [1.29, 1.82) is 0 Å². The number of carbonyl (C=O) groups is 6. The lowest BCUT2D eigenvalue weighted by Gasteiger charge is -2.30. The van der Waals surface area contributed by atoms with Crippen LogP contribution in [0.4, 0.5) is 0 Å². The van der Waals surface area contributed by atoms with Crippen LogP contribution >= 0.6 is 0 Å². The zero-order chi connectivity index (χ0) is 36.9. The smallest absolute Gasteiger partial charge is 0.326 e. The van der Waals surface area contributed by atoms with Gasteiger partial charge in [0.2, 0.25) is 29.5 Å². The topological polar surface area (TPSA) is 298 Å². The Morgan fingerprint density at radius 2 is 1.18 bits per heavy atom. The van der Waals surface area contributed by atoms with Crippen LogP contribution in [0.2, 0.25) is 0 Å². The highest BCUT2D eigenvalue weighted by Gasteiger charge is 2.39. The average molecular weight is 700 g/mol. The van der Waals surface area contributed by atoms with Gasteiger partial charge in [0.05, 0.1) is 12.6 Å². The van der Waals surface area contributed by atoms with Gasteiger partial charge in [-0.1, -0.05) is 13.8 Å². The van der Waals surface area contributed by atoms with Crippen molar-refractivity contribution < 1.29 is 39.0 Å². The molecular formula is C32H61N9O8. The fourth-order valence-corrected chi connectivity index (χ4v) is 5.67. The Bertz CT molecular complexity index is 1060. The van der Waals surface area contributed by atoms with Crippen molar-refractivity contribution >= 4 is 35.5 Å². The van der Waals surface area contributed by atoms with Gasteiger partial charge in [0.1, 0.15) is 30.2 Å². The third-order valence-corrected chi connectivity index (χ3v) is 8.42. The van der Waals surface area contributed by atoms with Gasteiger partial charge in [0, 0.05) is 6.54 Å². The lowest BCUT2D eigenvalue weighted by atomic mass is 10.0. The molecule has 0 radical (unpaired) electrons. The molecule has 0 unspecified atom stereocenters. The summed E-state index contributed by atoms with van der Waals surface area (Å²) in [5, 5.41) is 30.0. The summed E-state index contributed by atoms with van der Waals surface area (Å²) in [6, 6.07) is -6.51. The van der Waals surface area contributed by atoms with E-state index in [1.165, 1.54) is 4.90 Å². The number of unbranched alkanes of at least 4 members (excludes halogenated alkanes) is 3. The number of carbonyl (C=O) groups excluding carboxylic acids is 5. The molecule has 49 heavy (non-hydrogen) atoms. The number of nitrogens with two attached hydrogens (primary N) is 4. The molecule has 1 rings (SSSR count). The molecule has 1 fully saturated rings. The molecule has 0 aromatic carbocycles. The number of rotatable bonds is 25. The minimum atomic E-state index is -1.31. The molecule has 14 N–H and O–H groups in total. The minimum absolute atomic E-state index is 0.134. The summed E-state index contributed by atoms with van der Waals surface area (Å²) in [6.07, 6.45) is 4.86. The number of hydrogen-bond acceptors (Lipinski definition) is 11. The van der Waals surface area contributed by atoms with Crippen LogP contribution in [0.5, 0.6) is 0 Å². The van der Waals surface area contributed by atoms with Crippen LogP contribution in [0.1, 0.15) is 90.9 Å². The van der Waals surface area contributed by atoms with Gasteiger partial charge in [-0.15, -0.1) is 0 Å². The van der Waals surface area contributed by atoms with Crippen LogP contribution < -0.4 is 44.2 Å². The maximum absolute atomic E-state index is 13.6. The van der Waals surface area contributed by atoms with Crippen LogP contribution in [0.25, 0.3) is 0 Å². The SMILES string of the molecule is CC(C)C[C@H](N)C(=O)N[C@@H](CO)C(=O)N1CCC[C@H]1C(=O)N[C@@H](CCCCN)C(=O)N[C@@H](CCCCN)C(=O)N[C@@H](CCCCN)C(=O)O. The second-order valence-electron chi connectivity index (χ2n) is 13.0. The first-order chi connectivity index (χ1) is 23.3. The second kappa shape index (κ2) is 23.9. The molecule has 1 saturated heterocycles. The van der Waals surface area contributed by atoms with Gasteiger partial charge in [0.15, 0.2) is 0 Å². The summed E-state index contributed by atoms with van der Waals surface area (Å²) in [5.74, 6) is -4.23. The highest BCUT2D eigenvalue weighted by molar-refractivity contribution is 5.96. The molecular weight excluding hydrogens is 638 g/mol. The predicted molar refractivity (Wildman–Crippen MR) is 183 cm³/mol. The number of nitrogens with one attached hydrogen (secondary N) is 4. The monoisotopic (exact) mass is 699 g/mol. The number of aliphatic hydroxyl groups excluding tert-OH is 1. The minimum Gasteiger partial charge on any atom is -0.480 e. The third kappa shape index (κ3) is 15.8. The molecule has 0 aromatic rings. The first-order valence-corrected chi connectivity index (χ1v) is 17.5. The van der Waals surface area contributed by atoms with Gasteiger partial charge in [-0.25, -0.2) is 4.79 Å². The van der Waals surface area contributed by atoms with E-state index in [-0.39, 0.29) is 31.7 Å². The number of carboxylic acid groups (broad SMARTS) is 1. The summed E-state index contributed by atoms with van der Waals surface area (Å²) in [6.45, 7) is 4.40. The van der Waals surface area contributed by atoms with Crippen molar-refractivity contribution in [3.63, 3.8) is 0 Å². The Morgan fingerprint density at radius 1 is 0.714 bits per heavy atom. The summed E-state index contributed by atoms with van der Waals surface area (Å²) in [5.41, 5.74) is 22.7. The Balaban J connectivity index is 3.11. The molecule has 282 valence electrons. The number of hydrogen-bond donors (Lipinski definition) is 10. The van der Waals surface area contributed by atoms with Gasteiger partial charge >= 0.3 is 5.97 Å². The number of carboxylic acids is 1. The normalized spacial score (nSPS) is 17.5. The van der Waals surface area contributed by atoms with E-state index in [0.29, 0.717) is 77.4 Å². The van der Waals surface area contributed by atoms with Gasteiger partial charge in [-0.2, -0.15) is 0 Å². The summed E-state index contributed by atoms with van der Waals surface area (Å²) in [4.78, 5) is 79.6. The largest absolute Gasteiger partial charge is 0.480 e. The third-order valence-electron chi connectivity index (χ3n) is 8.42. The Kier molecular flexibility index (Phi) is 21.3. The zero-order valence-corrected chi connectivity index (χ0v) is 29.2. The predicted octanol–water partition coefficient (Wildman–Crippen LogP) is -2.25. The van der Waals surface area contributed by atoms with Crippen molar-refractivity contribution in [3.05, 3.63) is 0 Å². The van der Waals surface area contributed by atoms with Crippen LogP contribution in [0.15, 0.2) is 0 Å². The molecule has 17 nitrogen and oxygen atoms in total. The van der Waals surface area contributed by atoms with E-state index in [2.05, 4.69) is 21.3 Å². The Hall–Kier alpha value is -3.38. The molecule has 1 heterocycles. The molecule has 1 aliphatic heterocycles. The average Bonchev–Trinajstić information content (AvgIpc) is 3.55. The van der Waals surface area contributed by atoms with Crippen LogP contribution in [0.3, 0.4) is 0 Å². The van der Waals surface area contributed by atoms with Crippen LogP contribution in [0, 0.1) is 5.92 Å². The first-order valence-electron chi connectivity index (χ1n) is 17.5. The maximum Gasteiger partial charge on any atom is 0.326 e. The number of amides is 5. The molecule has 1 aliphatic rings. The van der Waals surface area contributed by atoms with Gasteiger partial charge in [-0.3, -0.25) is 24.0 Å². The molecule has 0 aliphatic carbocycles. The van der Waals surface area contributed by atoms with E-state index in [9.17, 15) is 39.0 Å². The number of likely N-dealkylation sites (tertiary alicyclic amines) is 1. The second-order valence-corrected chi connectivity index (χ2v) is 13.0. The maximum atomic E-state index is 13.6. The quantitative estimate of drug-likeness (QED) is 0.0452. The van der Waals surface area contributed by atoms with Gasteiger partial charge in [0.25, 0.3) is 0 Å². The van der Waals surface area contributed by atoms with E-state index >= 15 is 0 Å². The Labute approximate surface area is 289 Å². The van der Waals surface area contributed by atoms with Crippen LogP contribution in [-0.2, 0) is 28.8 Å². The van der Waals surface area contributed by atoms with Gasteiger partial charge < -0.3 is 59.3 Å². The number of nitrogens with zero attached hydrogens (tertiary/aromatic N) is 1. The van der Waals surface area contributed by atoms with E-state index < -0.39 is 78.4 Å². The van der Waals surface area contributed by atoms with Crippen molar-refractivity contribution in [3.8, 4) is 0 Å². The molecule has 0 bridgehead atoms. The van der Waals surface area contributed by atoms with E-state index in [1.807, 2.05) is 13.8 Å². The van der Waals surface area contributed by atoms with E-state index in [4.69, 9.17) is 22.9 Å². The standard InChI is InChI=1S/C32H61N9O8/c1-20(2)18-21(36)27(43)40-25(19-42)31(47)41-17-9-13-26(41)30(46)38-23(11-4-7-15-34)28(44)37-22(10-3-6-14-33)29(45)39-24(32(48)49)12-5-8-16-35/h20-26,42H,3-19,33-36H2,1-2H3,(H,37,44)(H,38,46)(H,39,45)(H,40,43)(H,48,49)/t21-,22-,23-,24-,25-,26-/m0/s1. The van der Waals surface area contributed by atoms with Crippen LogP contribution in [-0.4, -0.2) is 120 Å². The first kappa shape index (κ1) is 43.6. The van der Waals surface area contributed by atoms with Crippen molar-refractivity contribution in [2.75, 3.05) is 32.8 Å². The summed E-state index contributed by atoms with van der Waals surface area (Å²) >= 11 is 0. The van der Waals surface area contributed by atoms with E-state index in [0.717, 1.165) is 0 Å². The Morgan fingerprint density at radius 3 is 1.65 bits per heavy atom. The fourth-order valence-electron chi connectivity index (χ4n) is 5.67. The van der Waals surface area contributed by atoms with Gasteiger partial charge in [-0.05, 0) is 103 Å². The lowest BCUT2D eigenvalue weighted by molar-refractivity contribution is -0.143. The van der Waals surface area contributed by atoms with E-state index in [1.54, 1.807) is 0 Å². The molecule has 6 atom stereocenters. The molecule has 0 saturated carbocycles. The highest BCUT2D eigenvalue weighted by Crippen LogP contribution is 2.20. The lowest BCUT2D eigenvalue weighted by Crippen LogP contribution is -2.59. The zero-order valence-electron chi connectivity index (χ0n) is 29.2. The molecule has 5 amide bonds. The fraction of sp³-hybridized carbons (Fsp3) is 0.812. The number of aliphatic hydroxyl groups is 1. The molecule has 0 aromatic heterocycles. The molecule has 0 spiro atoms. The van der Waals surface area contributed by atoms with Crippen molar-refractivity contribution in [2.24, 2.45) is 28.9 Å². The van der Waals surface area contributed by atoms with Crippen molar-refractivity contribution in [1.82, 2.24) is 26.2 Å². The number of aliphatic carboxylic acids is 1. The van der Waals surface area contributed by atoms with Crippen molar-refractivity contribution in [2.45, 2.75) is 127 Å². The summed E-state index contributed by atoms with van der Waals surface area (Å²) in [7, 11) is 0. The summed E-state index contributed by atoms with van der Waals surface area (Å²) < 4.78 is 0. The highest BCUT2D eigenvalue weighted by atomic mass is 16.4. The molecule has 17 heteroatoms.